The zero-order valence-electron chi connectivity index (χ0n) is 12.4. The van der Waals surface area contributed by atoms with Crippen LogP contribution in [0.5, 0.6) is 0 Å². The summed E-state index contributed by atoms with van der Waals surface area (Å²) in [5.74, 6) is -0.252. The lowest BCUT2D eigenvalue weighted by Crippen LogP contribution is -2.00. The lowest BCUT2D eigenvalue weighted by atomic mass is 10.0. The highest BCUT2D eigenvalue weighted by molar-refractivity contribution is 7.90. The van der Waals surface area contributed by atoms with E-state index in [0.29, 0.717) is 21.6 Å². The lowest BCUT2D eigenvalue weighted by Gasteiger charge is -2.11. The normalized spacial score (nSPS) is 12.1. The minimum Gasteiger partial charge on any atom is -0.612 e. The molecule has 23 heavy (non-hydrogen) atoms. The summed E-state index contributed by atoms with van der Waals surface area (Å²) in [5, 5.41) is 0. The molecule has 0 radical (unpaired) electrons. The van der Waals surface area contributed by atoms with E-state index in [1.165, 1.54) is 18.5 Å². The van der Waals surface area contributed by atoms with Gasteiger partial charge in [-0.3, -0.25) is 0 Å². The second-order valence-corrected chi connectivity index (χ2v) is 6.32. The zero-order chi connectivity index (χ0) is 16.4. The Morgan fingerprint density at radius 2 is 1.70 bits per heavy atom. The van der Waals surface area contributed by atoms with Gasteiger partial charge in [0.1, 0.15) is 12.1 Å². The van der Waals surface area contributed by atoms with Crippen molar-refractivity contribution in [3.05, 3.63) is 60.7 Å². The van der Waals surface area contributed by atoms with Crippen molar-refractivity contribution in [3.8, 4) is 22.3 Å². The number of nitrogens with two attached hydrogens (primary N) is 1. The van der Waals surface area contributed by atoms with Gasteiger partial charge in [-0.1, -0.05) is 24.3 Å². The van der Waals surface area contributed by atoms with Gasteiger partial charge in [0.15, 0.2) is 4.90 Å². The SMILES string of the molecule is C[S+]([O-])c1ccccc1-c1ccc(-c2cnc(N)nc2)c(F)c1. The number of anilines is 1. The molecule has 1 unspecified atom stereocenters. The molecular formula is C17H14FN3OS. The van der Waals surface area contributed by atoms with Crippen molar-refractivity contribution in [2.24, 2.45) is 0 Å². The number of nitrogens with zero attached hydrogens (tertiary/aromatic N) is 2. The average molecular weight is 327 g/mol. The molecule has 0 aliphatic carbocycles. The molecule has 0 amide bonds. The molecular weight excluding hydrogens is 313 g/mol. The van der Waals surface area contributed by atoms with Gasteiger partial charge in [-0.2, -0.15) is 0 Å². The maximum absolute atomic E-state index is 14.5. The second kappa shape index (κ2) is 6.36. The molecule has 2 aromatic carbocycles. The molecule has 1 atom stereocenters. The Labute approximate surface area is 136 Å². The molecule has 3 aromatic rings. The first-order valence-corrected chi connectivity index (χ1v) is 8.42. The Morgan fingerprint density at radius 3 is 2.35 bits per heavy atom. The van der Waals surface area contributed by atoms with Gasteiger partial charge < -0.3 is 10.3 Å². The standard InChI is InChI=1S/C17H14FN3OS/c1-23(22)16-5-3-2-4-14(16)11-6-7-13(15(18)8-11)12-9-20-17(19)21-10-12/h2-10H,1H3,(H2,19,20,21). The van der Waals surface area contributed by atoms with Crippen LogP contribution in [0.3, 0.4) is 0 Å². The van der Waals surface area contributed by atoms with E-state index in [1.54, 1.807) is 24.5 Å². The highest BCUT2D eigenvalue weighted by Gasteiger charge is 2.15. The summed E-state index contributed by atoms with van der Waals surface area (Å²) in [6.07, 6.45) is 4.57. The van der Waals surface area contributed by atoms with Gasteiger partial charge in [-0.15, -0.1) is 0 Å². The van der Waals surface area contributed by atoms with Gasteiger partial charge in [0.05, 0.1) is 0 Å². The first-order chi connectivity index (χ1) is 11.1. The number of rotatable bonds is 3. The monoisotopic (exact) mass is 327 g/mol. The molecule has 1 heterocycles. The van der Waals surface area contributed by atoms with Crippen molar-refractivity contribution < 1.29 is 8.94 Å². The van der Waals surface area contributed by atoms with Crippen molar-refractivity contribution >= 4 is 17.1 Å². The smallest absolute Gasteiger partial charge is 0.219 e. The summed E-state index contributed by atoms with van der Waals surface area (Å²) < 4.78 is 26.3. The van der Waals surface area contributed by atoms with Crippen molar-refractivity contribution in [2.45, 2.75) is 4.90 Å². The van der Waals surface area contributed by atoms with Crippen molar-refractivity contribution in [3.63, 3.8) is 0 Å². The number of aromatic nitrogens is 2. The van der Waals surface area contributed by atoms with E-state index in [-0.39, 0.29) is 5.95 Å². The van der Waals surface area contributed by atoms with Gasteiger partial charge in [-0.25, -0.2) is 14.4 Å². The Hall–Kier alpha value is -2.44. The molecule has 116 valence electrons. The summed E-state index contributed by atoms with van der Waals surface area (Å²) in [5.41, 5.74) is 7.82. The fourth-order valence-electron chi connectivity index (χ4n) is 2.35. The molecule has 3 rings (SSSR count). The Bertz CT molecular complexity index is 837. The van der Waals surface area contributed by atoms with E-state index in [2.05, 4.69) is 9.97 Å². The van der Waals surface area contributed by atoms with Crippen LogP contribution in [-0.2, 0) is 11.2 Å². The minimum atomic E-state index is -1.15. The van der Waals surface area contributed by atoms with E-state index in [0.717, 1.165) is 5.56 Å². The first-order valence-electron chi connectivity index (χ1n) is 6.86. The van der Waals surface area contributed by atoms with Gasteiger partial charge in [0.25, 0.3) is 0 Å². The predicted molar refractivity (Wildman–Crippen MR) is 89.6 cm³/mol. The minimum absolute atomic E-state index is 0.144. The fourth-order valence-corrected chi connectivity index (χ4v) is 3.12. The molecule has 4 nitrogen and oxygen atoms in total. The van der Waals surface area contributed by atoms with Crippen molar-refractivity contribution in [1.82, 2.24) is 9.97 Å². The van der Waals surface area contributed by atoms with Crippen molar-refractivity contribution in [1.29, 1.82) is 0 Å². The number of hydrogen-bond acceptors (Lipinski definition) is 4. The van der Waals surface area contributed by atoms with Crippen LogP contribution < -0.4 is 5.73 Å². The molecule has 0 saturated carbocycles. The quantitative estimate of drug-likeness (QED) is 0.749. The number of nitrogen functional groups attached to an aromatic ring is 1. The molecule has 0 fully saturated rings. The van der Waals surface area contributed by atoms with E-state index in [9.17, 15) is 8.94 Å². The molecule has 0 aliphatic heterocycles. The average Bonchev–Trinajstić information content (AvgIpc) is 2.56. The maximum atomic E-state index is 14.5. The Balaban J connectivity index is 2.05. The summed E-state index contributed by atoms with van der Waals surface area (Å²) >= 11 is -1.15. The van der Waals surface area contributed by atoms with Gasteiger partial charge in [-0.05, 0) is 34.9 Å². The number of halogens is 1. The zero-order valence-corrected chi connectivity index (χ0v) is 13.2. The van der Waals surface area contributed by atoms with Crippen LogP contribution in [0.1, 0.15) is 0 Å². The Morgan fingerprint density at radius 1 is 1.00 bits per heavy atom. The molecule has 2 N–H and O–H groups in total. The third-order valence-electron chi connectivity index (χ3n) is 3.46. The highest BCUT2D eigenvalue weighted by Crippen LogP contribution is 2.31. The molecule has 0 saturated heterocycles. The fraction of sp³-hybridized carbons (Fsp3) is 0.0588. The van der Waals surface area contributed by atoms with Gasteiger partial charge >= 0.3 is 0 Å². The van der Waals surface area contributed by atoms with E-state index in [1.807, 2.05) is 18.2 Å². The Kier molecular flexibility index (Phi) is 4.27. The first kappa shape index (κ1) is 15.5. The van der Waals surface area contributed by atoms with E-state index in [4.69, 9.17) is 5.73 Å². The van der Waals surface area contributed by atoms with E-state index >= 15 is 0 Å². The molecule has 1 aromatic heterocycles. The molecule has 0 aliphatic rings. The number of benzene rings is 2. The highest BCUT2D eigenvalue weighted by atomic mass is 32.2. The topological polar surface area (TPSA) is 74.9 Å². The summed E-state index contributed by atoms with van der Waals surface area (Å²) in [6, 6.07) is 12.2. The number of hydrogen-bond donors (Lipinski definition) is 1. The summed E-state index contributed by atoms with van der Waals surface area (Å²) in [6.45, 7) is 0. The third kappa shape index (κ3) is 3.18. The van der Waals surface area contributed by atoms with Crippen LogP contribution in [-0.4, -0.2) is 20.8 Å². The van der Waals surface area contributed by atoms with Crippen LogP contribution in [0, 0.1) is 5.82 Å². The third-order valence-corrected chi connectivity index (χ3v) is 4.44. The summed E-state index contributed by atoms with van der Waals surface area (Å²) in [4.78, 5) is 8.42. The van der Waals surface area contributed by atoms with Crippen molar-refractivity contribution in [2.75, 3.05) is 12.0 Å². The molecule has 6 heteroatoms. The molecule has 0 bridgehead atoms. The largest absolute Gasteiger partial charge is 0.612 e. The van der Waals surface area contributed by atoms with Crippen LogP contribution in [0.25, 0.3) is 22.3 Å². The predicted octanol–water partition coefficient (Wildman–Crippen LogP) is 3.27. The maximum Gasteiger partial charge on any atom is 0.219 e. The van der Waals surface area contributed by atoms with Gasteiger partial charge in [0, 0.05) is 29.1 Å². The van der Waals surface area contributed by atoms with Crippen LogP contribution in [0.4, 0.5) is 10.3 Å². The van der Waals surface area contributed by atoms with Crippen LogP contribution in [0.15, 0.2) is 59.8 Å². The van der Waals surface area contributed by atoms with Crippen LogP contribution in [0.2, 0.25) is 0 Å². The molecule has 0 spiro atoms. The summed E-state index contributed by atoms with van der Waals surface area (Å²) in [7, 11) is 0. The second-order valence-electron chi connectivity index (χ2n) is 4.97. The lowest BCUT2D eigenvalue weighted by molar-refractivity contribution is 0.601. The van der Waals surface area contributed by atoms with E-state index < -0.39 is 17.0 Å². The van der Waals surface area contributed by atoms with Crippen LogP contribution >= 0.6 is 0 Å². The van der Waals surface area contributed by atoms with Gasteiger partial charge in [0.2, 0.25) is 5.95 Å².